The number of para-hydroxylation sites is 1. The Morgan fingerprint density at radius 3 is 2.23 bits per heavy atom. The number of hydrogen-bond acceptors (Lipinski definition) is 5. The van der Waals surface area contributed by atoms with Crippen molar-refractivity contribution in [3.8, 4) is 0 Å². The highest BCUT2D eigenvalue weighted by atomic mass is 35.5. The number of nitrogens with zero attached hydrogens (tertiary/aromatic N) is 2. The van der Waals surface area contributed by atoms with Crippen molar-refractivity contribution in [1.82, 2.24) is 9.97 Å². The van der Waals surface area contributed by atoms with Crippen LogP contribution in [0.2, 0.25) is 10.0 Å². The Kier molecular flexibility index (Phi) is 5.25. The first-order valence-corrected chi connectivity index (χ1v) is 8.34. The lowest BCUT2D eigenvalue weighted by molar-refractivity contribution is 0.0698. The summed E-state index contributed by atoms with van der Waals surface area (Å²) in [5.74, 6) is 0.470. The molecule has 0 aliphatic heterocycles. The normalized spacial score (nSPS) is 10.4. The molecule has 0 saturated heterocycles. The Morgan fingerprint density at radius 2 is 1.58 bits per heavy atom. The van der Waals surface area contributed by atoms with Crippen molar-refractivity contribution in [3.63, 3.8) is 0 Å². The lowest BCUT2D eigenvalue weighted by atomic mass is 10.2. The van der Waals surface area contributed by atoms with Crippen molar-refractivity contribution in [2.75, 3.05) is 10.6 Å². The summed E-state index contributed by atoms with van der Waals surface area (Å²) in [5, 5.41) is 16.4. The van der Waals surface area contributed by atoms with Gasteiger partial charge in [0.1, 0.15) is 17.5 Å². The third-order valence-electron chi connectivity index (χ3n) is 3.39. The van der Waals surface area contributed by atoms with Crippen LogP contribution in [0.5, 0.6) is 0 Å². The van der Waals surface area contributed by atoms with Gasteiger partial charge in [0, 0.05) is 21.8 Å². The lowest BCUT2D eigenvalue weighted by Crippen LogP contribution is -2.05. The van der Waals surface area contributed by atoms with E-state index >= 15 is 0 Å². The van der Waals surface area contributed by atoms with Gasteiger partial charge in [-0.25, -0.2) is 14.8 Å². The standard InChI is InChI=1S/C18H14Cl2N4O2/c1-10-21-16(23-13-7-11(19)6-12(20)8-13)9-17(22-10)24-15-5-3-2-4-14(15)18(25)26/h2-9H,1H3,(H,25,26)(H2,21,22,23,24). The van der Waals surface area contributed by atoms with Crippen molar-refractivity contribution in [2.45, 2.75) is 6.92 Å². The molecule has 3 rings (SSSR count). The maximum atomic E-state index is 11.3. The summed E-state index contributed by atoms with van der Waals surface area (Å²) in [6.45, 7) is 1.74. The minimum absolute atomic E-state index is 0.153. The molecule has 3 aromatic rings. The number of aromatic carboxylic acids is 1. The van der Waals surface area contributed by atoms with Crippen LogP contribution in [0.15, 0.2) is 48.5 Å². The average molecular weight is 389 g/mol. The number of anilines is 4. The monoisotopic (exact) mass is 388 g/mol. The van der Waals surface area contributed by atoms with Gasteiger partial charge in [-0.2, -0.15) is 0 Å². The first-order valence-electron chi connectivity index (χ1n) is 7.59. The maximum absolute atomic E-state index is 11.3. The fourth-order valence-corrected chi connectivity index (χ4v) is 2.91. The van der Waals surface area contributed by atoms with Crippen molar-refractivity contribution in [3.05, 3.63) is 70.0 Å². The van der Waals surface area contributed by atoms with E-state index < -0.39 is 5.97 Å². The van der Waals surface area contributed by atoms with Gasteiger partial charge in [-0.05, 0) is 37.3 Å². The van der Waals surface area contributed by atoms with E-state index in [2.05, 4.69) is 20.6 Å². The van der Waals surface area contributed by atoms with E-state index in [-0.39, 0.29) is 5.56 Å². The summed E-state index contributed by atoms with van der Waals surface area (Å²) in [7, 11) is 0. The Hall–Kier alpha value is -2.83. The van der Waals surface area contributed by atoms with E-state index in [9.17, 15) is 9.90 Å². The molecule has 0 radical (unpaired) electrons. The van der Waals surface area contributed by atoms with Gasteiger partial charge in [-0.1, -0.05) is 35.3 Å². The van der Waals surface area contributed by atoms with Gasteiger partial charge in [-0.15, -0.1) is 0 Å². The van der Waals surface area contributed by atoms with Crippen molar-refractivity contribution in [1.29, 1.82) is 0 Å². The minimum atomic E-state index is -1.02. The average Bonchev–Trinajstić information content (AvgIpc) is 2.53. The SMILES string of the molecule is Cc1nc(Nc2cc(Cl)cc(Cl)c2)cc(Nc2ccccc2C(=O)O)n1. The molecule has 1 heterocycles. The van der Waals surface area contributed by atoms with Gasteiger partial charge >= 0.3 is 5.97 Å². The van der Waals surface area contributed by atoms with Gasteiger partial charge in [0.2, 0.25) is 0 Å². The highest BCUT2D eigenvalue weighted by Crippen LogP contribution is 2.26. The van der Waals surface area contributed by atoms with E-state index in [4.69, 9.17) is 23.2 Å². The number of carboxylic acids is 1. The number of nitrogens with one attached hydrogen (secondary N) is 2. The molecular weight excluding hydrogens is 375 g/mol. The lowest BCUT2D eigenvalue weighted by Gasteiger charge is -2.12. The van der Waals surface area contributed by atoms with Crippen LogP contribution in [0.1, 0.15) is 16.2 Å². The summed E-state index contributed by atoms with van der Waals surface area (Å²) >= 11 is 12.0. The van der Waals surface area contributed by atoms with E-state index in [1.165, 1.54) is 6.07 Å². The van der Waals surface area contributed by atoms with Crippen molar-refractivity contribution < 1.29 is 9.90 Å². The van der Waals surface area contributed by atoms with Crippen molar-refractivity contribution in [2.24, 2.45) is 0 Å². The maximum Gasteiger partial charge on any atom is 0.337 e. The van der Waals surface area contributed by atoms with E-state index in [1.807, 2.05) is 0 Å². The van der Waals surface area contributed by atoms with Crippen LogP contribution >= 0.6 is 23.2 Å². The summed E-state index contributed by atoms with van der Waals surface area (Å²) in [6, 6.07) is 13.3. The second-order valence-electron chi connectivity index (χ2n) is 5.44. The van der Waals surface area contributed by atoms with Gasteiger partial charge in [-0.3, -0.25) is 0 Å². The number of hydrogen-bond donors (Lipinski definition) is 3. The molecule has 6 nitrogen and oxygen atoms in total. The fourth-order valence-electron chi connectivity index (χ4n) is 2.39. The molecule has 0 unspecified atom stereocenters. The molecular formula is C18H14Cl2N4O2. The predicted octanol–water partition coefficient (Wildman–Crippen LogP) is 5.28. The zero-order valence-electron chi connectivity index (χ0n) is 13.6. The molecule has 8 heteroatoms. The molecule has 0 fully saturated rings. The Bertz CT molecular complexity index is 959. The summed E-state index contributed by atoms with van der Waals surface area (Å²) in [6.07, 6.45) is 0. The highest BCUT2D eigenvalue weighted by Gasteiger charge is 2.11. The minimum Gasteiger partial charge on any atom is -0.478 e. The quantitative estimate of drug-likeness (QED) is 0.551. The first-order chi connectivity index (χ1) is 12.4. The summed E-state index contributed by atoms with van der Waals surface area (Å²) in [4.78, 5) is 20.0. The number of aryl methyl sites for hydroxylation is 1. The Morgan fingerprint density at radius 1 is 0.962 bits per heavy atom. The molecule has 0 spiro atoms. The van der Waals surface area contributed by atoms with Crippen LogP contribution in [-0.4, -0.2) is 21.0 Å². The summed E-state index contributed by atoms with van der Waals surface area (Å²) < 4.78 is 0. The van der Waals surface area contributed by atoms with Crippen LogP contribution in [0.25, 0.3) is 0 Å². The van der Waals surface area contributed by atoms with E-state index in [0.29, 0.717) is 38.9 Å². The molecule has 0 atom stereocenters. The van der Waals surface area contributed by atoms with Crippen LogP contribution < -0.4 is 10.6 Å². The van der Waals surface area contributed by atoms with E-state index in [1.54, 1.807) is 49.4 Å². The second kappa shape index (κ2) is 7.59. The zero-order chi connectivity index (χ0) is 18.7. The molecule has 132 valence electrons. The van der Waals surface area contributed by atoms with Crippen molar-refractivity contribution >= 4 is 52.2 Å². The van der Waals surface area contributed by atoms with Gasteiger partial charge in [0.25, 0.3) is 0 Å². The molecule has 0 aliphatic carbocycles. The molecule has 0 aliphatic rings. The topological polar surface area (TPSA) is 87.1 Å². The van der Waals surface area contributed by atoms with Gasteiger partial charge < -0.3 is 15.7 Å². The summed E-state index contributed by atoms with van der Waals surface area (Å²) in [5.41, 5.74) is 1.27. The number of aromatic nitrogens is 2. The van der Waals surface area contributed by atoms with Crippen LogP contribution in [0.4, 0.5) is 23.0 Å². The number of halogens is 2. The fraction of sp³-hybridized carbons (Fsp3) is 0.0556. The zero-order valence-corrected chi connectivity index (χ0v) is 15.1. The molecule has 0 bridgehead atoms. The molecule has 1 aromatic heterocycles. The smallest absolute Gasteiger partial charge is 0.337 e. The molecule has 26 heavy (non-hydrogen) atoms. The van der Waals surface area contributed by atoms with Crippen LogP contribution in [-0.2, 0) is 0 Å². The van der Waals surface area contributed by atoms with Gasteiger partial charge in [0.15, 0.2) is 0 Å². The van der Waals surface area contributed by atoms with Gasteiger partial charge in [0.05, 0.1) is 11.3 Å². The third kappa shape index (κ3) is 4.41. The number of carboxylic acid groups (broad SMARTS) is 1. The highest BCUT2D eigenvalue weighted by molar-refractivity contribution is 6.35. The number of benzene rings is 2. The molecule has 3 N–H and O–H groups in total. The molecule has 0 amide bonds. The third-order valence-corrected chi connectivity index (χ3v) is 3.83. The van der Waals surface area contributed by atoms with Crippen LogP contribution in [0, 0.1) is 6.92 Å². The number of carbonyl (C=O) groups is 1. The Labute approximate surface area is 159 Å². The second-order valence-corrected chi connectivity index (χ2v) is 6.32. The first kappa shape index (κ1) is 18.0. The predicted molar refractivity (Wildman–Crippen MR) is 103 cm³/mol. The largest absolute Gasteiger partial charge is 0.478 e. The van der Waals surface area contributed by atoms with Crippen LogP contribution in [0.3, 0.4) is 0 Å². The molecule has 0 saturated carbocycles. The Balaban J connectivity index is 1.90. The number of rotatable bonds is 5. The molecule has 2 aromatic carbocycles. The van der Waals surface area contributed by atoms with E-state index in [0.717, 1.165) is 0 Å².